The van der Waals surface area contributed by atoms with Crippen LogP contribution in [0.2, 0.25) is 0 Å². The zero-order valence-electron chi connectivity index (χ0n) is 8.34. The zero-order chi connectivity index (χ0) is 9.76. The fourth-order valence-corrected chi connectivity index (χ4v) is 2.41. The highest BCUT2D eigenvalue weighted by Gasteiger charge is 2.45. The summed E-state index contributed by atoms with van der Waals surface area (Å²) < 4.78 is 5.51. The Bertz CT molecular complexity index is 392. The minimum absolute atomic E-state index is 0.525. The first-order valence-electron chi connectivity index (χ1n) is 5.19. The van der Waals surface area contributed by atoms with Crippen LogP contribution in [-0.2, 0) is 12.0 Å². The Morgan fingerprint density at radius 2 is 2.14 bits per heavy atom. The van der Waals surface area contributed by atoms with E-state index in [0.717, 1.165) is 37.2 Å². The van der Waals surface area contributed by atoms with Crippen molar-refractivity contribution in [2.75, 3.05) is 6.61 Å². The summed E-state index contributed by atoms with van der Waals surface area (Å²) in [7, 11) is 0. The van der Waals surface area contributed by atoms with Gasteiger partial charge in [-0.05, 0) is 37.0 Å². The first-order chi connectivity index (χ1) is 6.71. The lowest BCUT2D eigenvalue weighted by Gasteiger charge is -2.15. The molecule has 1 fully saturated rings. The summed E-state index contributed by atoms with van der Waals surface area (Å²) in [4.78, 5) is 0. The van der Waals surface area contributed by atoms with E-state index in [1.165, 1.54) is 11.1 Å². The molecule has 1 aromatic rings. The van der Waals surface area contributed by atoms with Crippen LogP contribution < -0.4 is 4.74 Å². The minimum atomic E-state index is -0.525. The van der Waals surface area contributed by atoms with Crippen molar-refractivity contribution in [1.29, 1.82) is 0 Å². The number of hydrogen-bond acceptors (Lipinski definition) is 2. The van der Waals surface area contributed by atoms with Gasteiger partial charge >= 0.3 is 0 Å². The second-order valence-corrected chi connectivity index (χ2v) is 4.36. The highest BCUT2D eigenvalue weighted by atomic mass is 16.5. The highest BCUT2D eigenvalue weighted by molar-refractivity contribution is 5.51. The fourth-order valence-electron chi connectivity index (χ4n) is 2.41. The molecule has 1 N–H and O–H groups in total. The Kier molecular flexibility index (Phi) is 1.49. The topological polar surface area (TPSA) is 29.5 Å². The molecule has 1 aromatic carbocycles. The number of rotatable bonds is 1. The first-order valence-corrected chi connectivity index (χ1v) is 5.19. The molecule has 14 heavy (non-hydrogen) atoms. The second kappa shape index (κ2) is 2.51. The van der Waals surface area contributed by atoms with E-state index >= 15 is 0 Å². The molecule has 0 saturated heterocycles. The molecule has 0 bridgehead atoms. The molecule has 2 aliphatic rings. The van der Waals surface area contributed by atoms with Crippen molar-refractivity contribution in [3.63, 3.8) is 0 Å². The summed E-state index contributed by atoms with van der Waals surface area (Å²) >= 11 is 0. The molecule has 0 radical (unpaired) electrons. The highest BCUT2D eigenvalue weighted by Crippen LogP contribution is 2.50. The van der Waals surface area contributed by atoms with Gasteiger partial charge in [0.25, 0.3) is 0 Å². The maximum Gasteiger partial charge on any atom is 0.123 e. The molecule has 0 unspecified atom stereocenters. The van der Waals surface area contributed by atoms with Gasteiger partial charge in [0.2, 0.25) is 0 Å². The fraction of sp³-hybridized carbons (Fsp3) is 0.500. The van der Waals surface area contributed by atoms with Gasteiger partial charge in [-0.15, -0.1) is 0 Å². The summed E-state index contributed by atoms with van der Waals surface area (Å²) in [6, 6.07) is 4.07. The van der Waals surface area contributed by atoms with Crippen LogP contribution in [0.1, 0.15) is 29.5 Å². The first kappa shape index (κ1) is 8.30. The van der Waals surface area contributed by atoms with Crippen LogP contribution in [0.5, 0.6) is 5.75 Å². The van der Waals surface area contributed by atoms with Gasteiger partial charge in [-0.25, -0.2) is 0 Å². The van der Waals surface area contributed by atoms with Gasteiger partial charge in [0, 0.05) is 12.0 Å². The Balaban J connectivity index is 2.21. The molecule has 0 spiro atoms. The molecule has 1 aliphatic heterocycles. The average Bonchev–Trinajstić information content (AvgIpc) is 2.74. The number of hydrogen-bond donors (Lipinski definition) is 1. The zero-order valence-corrected chi connectivity index (χ0v) is 8.34. The summed E-state index contributed by atoms with van der Waals surface area (Å²) in [5.74, 6) is 0.978. The minimum Gasteiger partial charge on any atom is -0.493 e. The third kappa shape index (κ3) is 1.01. The second-order valence-electron chi connectivity index (χ2n) is 4.36. The molecule has 0 amide bonds. The van der Waals surface area contributed by atoms with Crippen molar-refractivity contribution in [2.45, 2.75) is 31.8 Å². The van der Waals surface area contributed by atoms with E-state index in [-0.39, 0.29) is 0 Å². The van der Waals surface area contributed by atoms with Gasteiger partial charge in [-0.3, -0.25) is 0 Å². The SMILES string of the molecule is Cc1ccc2c(c1C1(O)CC1)CCO2. The van der Waals surface area contributed by atoms with Gasteiger partial charge < -0.3 is 9.84 Å². The normalized spacial score (nSPS) is 21.6. The Morgan fingerprint density at radius 3 is 2.86 bits per heavy atom. The van der Waals surface area contributed by atoms with Crippen molar-refractivity contribution >= 4 is 0 Å². The predicted octanol–water partition coefficient (Wildman–Crippen LogP) is 1.91. The Morgan fingerprint density at radius 1 is 1.36 bits per heavy atom. The third-order valence-corrected chi connectivity index (χ3v) is 3.28. The standard InChI is InChI=1S/C12H14O2/c1-8-2-3-10-9(4-7-14-10)11(8)12(13)5-6-12/h2-3,13H,4-7H2,1H3. The number of benzene rings is 1. The summed E-state index contributed by atoms with van der Waals surface area (Å²) in [6.45, 7) is 2.84. The monoisotopic (exact) mass is 190 g/mol. The molecule has 1 heterocycles. The lowest BCUT2D eigenvalue weighted by molar-refractivity contribution is 0.150. The van der Waals surface area contributed by atoms with E-state index < -0.39 is 5.60 Å². The van der Waals surface area contributed by atoms with Gasteiger partial charge in [0.1, 0.15) is 5.75 Å². The van der Waals surface area contributed by atoms with Crippen LogP contribution in [0.3, 0.4) is 0 Å². The van der Waals surface area contributed by atoms with Crippen molar-refractivity contribution in [3.8, 4) is 5.75 Å². The largest absolute Gasteiger partial charge is 0.493 e. The predicted molar refractivity (Wildman–Crippen MR) is 53.5 cm³/mol. The van der Waals surface area contributed by atoms with Crippen LogP contribution >= 0.6 is 0 Å². The molecule has 1 saturated carbocycles. The lowest BCUT2D eigenvalue weighted by Crippen LogP contribution is -2.09. The third-order valence-electron chi connectivity index (χ3n) is 3.28. The smallest absolute Gasteiger partial charge is 0.123 e. The number of fused-ring (bicyclic) bond motifs is 1. The molecular weight excluding hydrogens is 176 g/mol. The van der Waals surface area contributed by atoms with Crippen LogP contribution in [0.15, 0.2) is 12.1 Å². The quantitative estimate of drug-likeness (QED) is 0.733. The molecule has 1 aliphatic carbocycles. The summed E-state index contributed by atoms with van der Waals surface area (Å²) in [5.41, 5.74) is 3.06. The molecule has 3 rings (SSSR count). The van der Waals surface area contributed by atoms with Crippen molar-refractivity contribution in [1.82, 2.24) is 0 Å². The van der Waals surface area contributed by atoms with E-state index in [0.29, 0.717) is 0 Å². The van der Waals surface area contributed by atoms with E-state index in [1.54, 1.807) is 0 Å². The lowest BCUT2D eigenvalue weighted by atomic mass is 9.94. The van der Waals surface area contributed by atoms with E-state index in [2.05, 4.69) is 13.0 Å². The molecule has 0 atom stereocenters. The maximum atomic E-state index is 10.2. The summed E-state index contributed by atoms with van der Waals surface area (Å²) in [5, 5.41) is 10.2. The van der Waals surface area contributed by atoms with Crippen LogP contribution in [0.25, 0.3) is 0 Å². The van der Waals surface area contributed by atoms with E-state index in [1.807, 2.05) is 6.07 Å². The van der Waals surface area contributed by atoms with E-state index in [4.69, 9.17) is 4.74 Å². The Labute approximate surface area is 83.5 Å². The van der Waals surface area contributed by atoms with Crippen molar-refractivity contribution in [2.24, 2.45) is 0 Å². The van der Waals surface area contributed by atoms with E-state index in [9.17, 15) is 5.11 Å². The Hall–Kier alpha value is -1.02. The number of ether oxygens (including phenoxy) is 1. The summed E-state index contributed by atoms with van der Waals surface area (Å²) in [6.07, 6.45) is 2.77. The molecule has 2 heteroatoms. The maximum absolute atomic E-state index is 10.2. The van der Waals surface area contributed by atoms with Crippen molar-refractivity contribution in [3.05, 3.63) is 28.8 Å². The molecular formula is C12H14O2. The molecule has 0 aromatic heterocycles. The van der Waals surface area contributed by atoms with Crippen molar-refractivity contribution < 1.29 is 9.84 Å². The number of aliphatic hydroxyl groups is 1. The van der Waals surface area contributed by atoms with Gasteiger partial charge in [-0.1, -0.05) is 6.07 Å². The van der Waals surface area contributed by atoms with Gasteiger partial charge in [0.15, 0.2) is 0 Å². The van der Waals surface area contributed by atoms with Gasteiger partial charge in [0.05, 0.1) is 12.2 Å². The van der Waals surface area contributed by atoms with Crippen LogP contribution in [0, 0.1) is 6.92 Å². The average molecular weight is 190 g/mol. The molecule has 2 nitrogen and oxygen atoms in total. The van der Waals surface area contributed by atoms with Crippen LogP contribution in [0.4, 0.5) is 0 Å². The number of aryl methyl sites for hydroxylation is 1. The van der Waals surface area contributed by atoms with Gasteiger partial charge in [-0.2, -0.15) is 0 Å². The molecule has 74 valence electrons. The van der Waals surface area contributed by atoms with Crippen LogP contribution in [-0.4, -0.2) is 11.7 Å².